The molecular formula is C23H31FN3O9P. The first-order chi connectivity index (χ1) is 17.4. The molecule has 0 bridgehead atoms. The van der Waals surface area contributed by atoms with Crippen molar-refractivity contribution in [1.29, 1.82) is 0 Å². The summed E-state index contributed by atoms with van der Waals surface area (Å²) in [7, 11) is -3.24. The number of benzene rings is 1. The first kappa shape index (κ1) is 28.7. The van der Waals surface area contributed by atoms with Crippen molar-refractivity contribution in [3.05, 3.63) is 63.4 Å². The summed E-state index contributed by atoms with van der Waals surface area (Å²) >= 11 is 0. The van der Waals surface area contributed by atoms with E-state index in [9.17, 15) is 24.1 Å². The van der Waals surface area contributed by atoms with Gasteiger partial charge in [-0.3, -0.25) is 28.5 Å². The van der Waals surface area contributed by atoms with Gasteiger partial charge in [-0.15, -0.1) is 0 Å². The summed E-state index contributed by atoms with van der Waals surface area (Å²) in [6, 6.07) is 8.01. The van der Waals surface area contributed by atoms with Crippen LogP contribution in [0.4, 0.5) is 4.39 Å². The van der Waals surface area contributed by atoms with E-state index in [2.05, 4.69) is 0 Å². The monoisotopic (exact) mass is 543 g/mol. The average Bonchev–Trinajstić information content (AvgIpc) is 3.08. The van der Waals surface area contributed by atoms with Crippen LogP contribution >= 0.6 is 8.18 Å². The van der Waals surface area contributed by atoms with Gasteiger partial charge in [-0.05, 0) is 39.3 Å². The second-order valence-corrected chi connectivity index (χ2v) is 9.95. The Balaban J connectivity index is 1.79. The molecule has 1 saturated heterocycles. The second kappa shape index (κ2) is 12.1. The minimum atomic E-state index is -3.24. The smallest absolute Gasteiger partial charge is 0.331 e. The van der Waals surface area contributed by atoms with E-state index >= 15 is 4.39 Å². The van der Waals surface area contributed by atoms with E-state index in [1.54, 1.807) is 37.3 Å². The topological polar surface area (TPSA) is 149 Å². The second-order valence-electron chi connectivity index (χ2n) is 8.77. The number of hydrogen-bond acceptors (Lipinski definition) is 9. The van der Waals surface area contributed by atoms with Gasteiger partial charge < -0.3 is 19.1 Å². The Hall–Kier alpha value is -2.83. The number of aromatic nitrogens is 2. The van der Waals surface area contributed by atoms with Crippen LogP contribution in [-0.4, -0.2) is 62.1 Å². The van der Waals surface area contributed by atoms with E-state index in [4.69, 9.17) is 18.8 Å². The number of alkyl halides is 1. The summed E-state index contributed by atoms with van der Waals surface area (Å²) in [5.41, 5.74) is -4.08. The fourth-order valence-electron chi connectivity index (χ4n) is 3.55. The number of carbonyl (C=O) groups excluding carboxylic acids is 1. The molecule has 37 heavy (non-hydrogen) atoms. The van der Waals surface area contributed by atoms with Gasteiger partial charge in [-0.2, -0.15) is 0 Å². The summed E-state index contributed by atoms with van der Waals surface area (Å²) < 4.78 is 45.7. The van der Waals surface area contributed by atoms with Crippen LogP contribution in [0.2, 0.25) is 0 Å². The van der Waals surface area contributed by atoms with Crippen molar-refractivity contribution in [2.24, 2.45) is 0 Å². The fourth-order valence-corrected chi connectivity index (χ4v) is 4.58. The molecule has 2 N–H and O–H groups in total. The zero-order valence-electron chi connectivity index (χ0n) is 20.8. The normalized spacial score (nSPS) is 26.0. The van der Waals surface area contributed by atoms with Gasteiger partial charge in [0.1, 0.15) is 24.0 Å². The van der Waals surface area contributed by atoms with Crippen molar-refractivity contribution in [3.63, 3.8) is 0 Å². The van der Waals surface area contributed by atoms with Crippen molar-refractivity contribution < 1.29 is 37.7 Å². The van der Waals surface area contributed by atoms with Crippen LogP contribution in [-0.2, 0) is 23.7 Å². The number of aromatic amines is 1. The molecule has 204 valence electrons. The number of para-hydroxylation sites is 1. The standard InChI is InChI=1S/C23H31FN3O9P/c1-5-14(2)34-20(30)15(3)27(37(32)36-16-9-7-6-8-10-16)33-13-17-19(29)23(4,24)21(35-17)26-12-11-18(28)25-22(26)31/h6-12,14-15,17,19,21,29,37H,5,13H2,1-4H3,(H,25,28,31)/t14?,15?,17-,19-,21-,23-/m1/s1. The van der Waals surface area contributed by atoms with Crippen molar-refractivity contribution >= 4 is 14.1 Å². The molecule has 0 saturated carbocycles. The lowest BCUT2D eigenvalue weighted by atomic mass is 9.98. The lowest BCUT2D eigenvalue weighted by Gasteiger charge is -2.28. The largest absolute Gasteiger partial charge is 0.461 e. The predicted octanol–water partition coefficient (Wildman–Crippen LogP) is 1.96. The number of aliphatic hydroxyl groups excluding tert-OH is 1. The molecule has 0 radical (unpaired) electrons. The lowest BCUT2D eigenvalue weighted by Crippen LogP contribution is -2.44. The van der Waals surface area contributed by atoms with Crippen LogP contribution in [0, 0.1) is 0 Å². The molecule has 1 fully saturated rings. The molecule has 1 aromatic heterocycles. The number of ether oxygens (including phenoxy) is 2. The molecule has 0 spiro atoms. The van der Waals surface area contributed by atoms with Gasteiger partial charge in [-0.25, -0.2) is 9.18 Å². The van der Waals surface area contributed by atoms with Gasteiger partial charge in [0.15, 0.2) is 11.9 Å². The number of rotatable bonds is 11. The molecule has 1 aromatic carbocycles. The third-order valence-electron chi connectivity index (χ3n) is 5.91. The Bertz CT molecular complexity index is 1210. The molecule has 7 atom stereocenters. The molecule has 2 aromatic rings. The van der Waals surface area contributed by atoms with Gasteiger partial charge in [0.25, 0.3) is 5.56 Å². The van der Waals surface area contributed by atoms with Crippen LogP contribution in [0.25, 0.3) is 0 Å². The third-order valence-corrected chi connectivity index (χ3v) is 7.20. The van der Waals surface area contributed by atoms with Gasteiger partial charge in [0.2, 0.25) is 0 Å². The summed E-state index contributed by atoms with van der Waals surface area (Å²) in [6.07, 6.45) is -3.52. The first-order valence-corrected chi connectivity index (χ1v) is 13.0. The Kier molecular flexibility index (Phi) is 9.43. The number of esters is 1. The quantitative estimate of drug-likeness (QED) is 0.245. The summed E-state index contributed by atoms with van der Waals surface area (Å²) in [5.74, 6) is -0.473. The highest BCUT2D eigenvalue weighted by molar-refractivity contribution is 7.36. The first-order valence-electron chi connectivity index (χ1n) is 11.7. The molecule has 1 aliphatic heterocycles. The number of halogens is 1. The summed E-state index contributed by atoms with van der Waals surface area (Å²) in [5, 5.41) is 10.6. The predicted molar refractivity (Wildman–Crippen MR) is 130 cm³/mol. The highest BCUT2D eigenvalue weighted by Gasteiger charge is 2.55. The number of nitrogens with zero attached hydrogens (tertiary/aromatic N) is 2. The Morgan fingerprint density at radius 3 is 2.59 bits per heavy atom. The number of nitrogens with one attached hydrogen (secondary N) is 1. The summed E-state index contributed by atoms with van der Waals surface area (Å²) in [6.45, 7) is 5.41. The van der Waals surface area contributed by atoms with E-state index < -0.39 is 68.3 Å². The molecule has 2 heterocycles. The van der Waals surface area contributed by atoms with E-state index in [1.807, 2.05) is 11.9 Å². The van der Waals surface area contributed by atoms with Gasteiger partial charge in [0, 0.05) is 12.3 Å². The number of carbonyl (C=O) groups is 1. The molecule has 1 aliphatic rings. The van der Waals surface area contributed by atoms with E-state index in [0.29, 0.717) is 6.42 Å². The number of hydrogen-bond donors (Lipinski definition) is 2. The maximum absolute atomic E-state index is 15.5. The Labute approximate surface area is 212 Å². The van der Waals surface area contributed by atoms with Crippen LogP contribution in [0.5, 0.6) is 5.75 Å². The maximum atomic E-state index is 15.5. The number of aliphatic hydroxyl groups is 1. The third kappa shape index (κ3) is 6.74. The van der Waals surface area contributed by atoms with E-state index in [0.717, 1.165) is 28.6 Å². The van der Waals surface area contributed by atoms with Crippen LogP contribution in [0.15, 0.2) is 52.2 Å². The van der Waals surface area contributed by atoms with Crippen molar-refractivity contribution in [3.8, 4) is 5.75 Å². The molecule has 3 rings (SSSR count). The maximum Gasteiger partial charge on any atom is 0.331 e. The Morgan fingerprint density at radius 1 is 1.30 bits per heavy atom. The minimum Gasteiger partial charge on any atom is -0.461 e. The van der Waals surface area contributed by atoms with Gasteiger partial charge in [-0.1, -0.05) is 30.0 Å². The van der Waals surface area contributed by atoms with Crippen molar-refractivity contribution in [1.82, 2.24) is 14.4 Å². The number of hydroxylamine groups is 1. The molecule has 0 aliphatic carbocycles. The molecule has 14 heteroatoms. The molecule has 3 unspecified atom stereocenters. The minimum absolute atomic E-state index is 0.258. The lowest BCUT2D eigenvalue weighted by molar-refractivity contribution is -0.183. The van der Waals surface area contributed by atoms with Crippen molar-refractivity contribution in [2.45, 2.75) is 70.4 Å². The fraction of sp³-hybridized carbons (Fsp3) is 0.522. The zero-order valence-corrected chi connectivity index (χ0v) is 21.8. The van der Waals surface area contributed by atoms with Crippen LogP contribution in [0.1, 0.15) is 40.3 Å². The molecule has 0 amide bonds. The SMILES string of the molecule is CCC(C)OC(=O)C(C)N(OC[C@H]1O[C@@H](n2ccc(=O)[nH]c2=O)[C@](C)(F)[C@@H]1O)[PH](=O)Oc1ccccc1. The average molecular weight is 543 g/mol. The van der Waals surface area contributed by atoms with Crippen molar-refractivity contribution in [2.75, 3.05) is 6.61 Å². The van der Waals surface area contributed by atoms with Crippen LogP contribution < -0.4 is 15.8 Å². The molecular weight excluding hydrogens is 512 g/mol. The van der Waals surface area contributed by atoms with Crippen LogP contribution in [0.3, 0.4) is 0 Å². The Morgan fingerprint density at radius 2 is 1.97 bits per heavy atom. The van der Waals surface area contributed by atoms with Gasteiger partial charge >= 0.3 is 19.8 Å². The van der Waals surface area contributed by atoms with E-state index in [1.165, 1.54) is 6.92 Å². The highest BCUT2D eigenvalue weighted by Crippen LogP contribution is 2.41. The molecule has 12 nitrogen and oxygen atoms in total. The highest BCUT2D eigenvalue weighted by atomic mass is 31.1. The number of H-pyrrole nitrogens is 1. The zero-order chi connectivity index (χ0) is 27.3. The summed E-state index contributed by atoms with van der Waals surface area (Å²) in [4.78, 5) is 44.6. The van der Waals surface area contributed by atoms with E-state index in [-0.39, 0.29) is 5.75 Å². The van der Waals surface area contributed by atoms with Gasteiger partial charge in [0.05, 0.1) is 12.7 Å².